The molecule has 0 aliphatic rings. The maximum absolute atomic E-state index is 11.8. The first kappa shape index (κ1) is 20.7. The Hall–Kier alpha value is -0.330. The highest BCUT2D eigenvalue weighted by atomic mass is 16.1. The van der Waals surface area contributed by atoms with Crippen molar-refractivity contribution in [3.05, 3.63) is 0 Å². The van der Waals surface area contributed by atoms with Gasteiger partial charge in [0.2, 0.25) is 0 Å². The van der Waals surface area contributed by atoms with Gasteiger partial charge in [0, 0.05) is 5.41 Å². The molecule has 0 saturated heterocycles. The normalized spacial score (nSPS) is 11.8. The Balaban J connectivity index is 3.49. The van der Waals surface area contributed by atoms with Gasteiger partial charge in [-0.3, -0.25) is 4.79 Å². The van der Waals surface area contributed by atoms with Crippen molar-refractivity contribution in [1.29, 1.82) is 0 Å². The highest BCUT2D eigenvalue weighted by Gasteiger charge is 2.30. The van der Waals surface area contributed by atoms with Crippen molar-refractivity contribution in [1.82, 2.24) is 0 Å². The second-order valence-corrected chi connectivity index (χ2v) is 6.83. The summed E-state index contributed by atoms with van der Waals surface area (Å²) in [7, 11) is 0. The molecule has 0 heterocycles. The summed E-state index contributed by atoms with van der Waals surface area (Å²) in [5.74, 6) is 0.402. The van der Waals surface area contributed by atoms with Crippen LogP contribution in [-0.4, -0.2) is 5.78 Å². The van der Waals surface area contributed by atoms with Crippen molar-refractivity contribution >= 4 is 5.78 Å². The highest BCUT2D eigenvalue weighted by Crippen LogP contribution is 2.33. The molecule has 0 aliphatic heterocycles. The molecule has 1 nitrogen and oxygen atoms in total. The van der Waals surface area contributed by atoms with Crippen LogP contribution in [0, 0.1) is 5.41 Å². The molecule has 0 fully saturated rings. The van der Waals surface area contributed by atoms with Gasteiger partial charge in [-0.15, -0.1) is 0 Å². The first-order valence-electron chi connectivity index (χ1n) is 9.64. The largest absolute Gasteiger partial charge is 0.299 e. The van der Waals surface area contributed by atoms with Crippen LogP contribution in [0.4, 0.5) is 0 Å². The predicted octanol–water partition coefficient (Wildman–Crippen LogP) is 7.08. The molecule has 0 atom stereocenters. The molecule has 0 aliphatic carbocycles. The lowest BCUT2D eigenvalue weighted by Gasteiger charge is -2.28. The van der Waals surface area contributed by atoms with Gasteiger partial charge in [-0.1, -0.05) is 91.4 Å². The van der Waals surface area contributed by atoms with Crippen molar-refractivity contribution in [2.75, 3.05) is 0 Å². The zero-order valence-electron chi connectivity index (χ0n) is 15.3. The molecule has 0 unspecified atom stereocenters. The second kappa shape index (κ2) is 13.3. The van der Waals surface area contributed by atoms with Gasteiger partial charge in [-0.2, -0.15) is 0 Å². The number of ketones is 1. The van der Waals surface area contributed by atoms with E-state index in [2.05, 4.69) is 20.8 Å². The Morgan fingerprint density at radius 1 is 0.667 bits per heavy atom. The minimum atomic E-state index is -0.0146. The molecule has 0 rings (SSSR count). The van der Waals surface area contributed by atoms with Crippen LogP contribution in [0.1, 0.15) is 118 Å². The number of rotatable bonds is 15. The molecule has 0 saturated carbocycles. The second-order valence-electron chi connectivity index (χ2n) is 6.83. The van der Waals surface area contributed by atoms with E-state index in [0.29, 0.717) is 5.78 Å². The third-order valence-corrected chi connectivity index (χ3v) is 5.36. The van der Waals surface area contributed by atoms with Gasteiger partial charge in [-0.05, 0) is 26.2 Å². The maximum atomic E-state index is 11.8. The van der Waals surface area contributed by atoms with Crippen molar-refractivity contribution in [3.63, 3.8) is 0 Å². The number of Topliss-reactive ketones (excluding diaryl/α,β-unsaturated/α-hetero) is 1. The van der Waals surface area contributed by atoms with E-state index in [0.717, 1.165) is 19.3 Å². The molecule has 0 bridgehead atoms. The fraction of sp³-hybridized carbons (Fsp3) is 0.950. The molecule has 0 amide bonds. The SMILES string of the molecule is CCCCCCCCCCCCCC(CC)(CC)C(C)=O. The molecule has 0 N–H and O–H groups in total. The van der Waals surface area contributed by atoms with Crippen LogP contribution in [0.2, 0.25) is 0 Å². The zero-order chi connectivity index (χ0) is 16.0. The summed E-state index contributed by atoms with van der Waals surface area (Å²) in [6, 6.07) is 0. The minimum absolute atomic E-state index is 0.0146. The average Bonchev–Trinajstić information content (AvgIpc) is 2.49. The van der Waals surface area contributed by atoms with E-state index in [9.17, 15) is 4.79 Å². The minimum Gasteiger partial charge on any atom is -0.299 e. The van der Waals surface area contributed by atoms with E-state index < -0.39 is 0 Å². The van der Waals surface area contributed by atoms with E-state index >= 15 is 0 Å². The zero-order valence-corrected chi connectivity index (χ0v) is 15.3. The molecule has 0 radical (unpaired) electrons. The first-order chi connectivity index (χ1) is 10.1. The lowest BCUT2D eigenvalue weighted by Crippen LogP contribution is -2.27. The highest BCUT2D eigenvalue weighted by molar-refractivity contribution is 5.82. The van der Waals surface area contributed by atoms with Crippen molar-refractivity contribution < 1.29 is 4.79 Å². The quantitative estimate of drug-likeness (QED) is 0.295. The molecule has 126 valence electrons. The summed E-state index contributed by atoms with van der Waals surface area (Å²) in [5, 5.41) is 0. The van der Waals surface area contributed by atoms with Crippen molar-refractivity contribution in [2.45, 2.75) is 118 Å². The van der Waals surface area contributed by atoms with E-state index in [-0.39, 0.29) is 5.41 Å². The van der Waals surface area contributed by atoms with E-state index in [1.807, 2.05) is 0 Å². The monoisotopic (exact) mass is 296 g/mol. The van der Waals surface area contributed by atoms with Gasteiger partial charge in [0.05, 0.1) is 0 Å². The Labute approximate surface area is 134 Å². The van der Waals surface area contributed by atoms with Gasteiger partial charge in [0.1, 0.15) is 5.78 Å². The van der Waals surface area contributed by atoms with Crippen molar-refractivity contribution in [2.24, 2.45) is 5.41 Å². The van der Waals surface area contributed by atoms with Crippen LogP contribution in [0.3, 0.4) is 0 Å². The predicted molar refractivity (Wildman–Crippen MR) is 94.8 cm³/mol. The van der Waals surface area contributed by atoms with Crippen LogP contribution >= 0.6 is 0 Å². The standard InChI is InChI=1S/C20H40O/c1-5-8-9-10-11-12-13-14-15-16-17-18-20(6-2,7-3)19(4)21/h5-18H2,1-4H3. The fourth-order valence-electron chi connectivity index (χ4n) is 3.41. The number of hydrogen-bond donors (Lipinski definition) is 0. The van der Waals surface area contributed by atoms with Crippen LogP contribution < -0.4 is 0 Å². The average molecular weight is 297 g/mol. The number of unbranched alkanes of at least 4 members (excludes halogenated alkanes) is 10. The van der Waals surface area contributed by atoms with Crippen LogP contribution in [0.25, 0.3) is 0 Å². The summed E-state index contributed by atoms with van der Waals surface area (Å²) in [4.78, 5) is 11.8. The van der Waals surface area contributed by atoms with E-state index in [1.54, 1.807) is 6.92 Å². The Morgan fingerprint density at radius 2 is 1.05 bits per heavy atom. The Kier molecular flexibility index (Phi) is 13.1. The lowest BCUT2D eigenvalue weighted by molar-refractivity contribution is -0.127. The molecule has 0 spiro atoms. The molecule has 1 heteroatoms. The van der Waals surface area contributed by atoms with Gasteiger partial charge in [0.15, 0.2) is 0 Å². The maximum Gasteiger partial charge on any atom is 0.135 e. The lowest BCUT2D eigenvalue weighted by atomic mass is 9.74. The number of carbonyl (C=O) groups excluding carboxylic acids is 1. The topological polar surface area (TPSA) is 17.1 Å². The van der Waals surface area contributed by atoms with Crippen LogP contribution in [-0.2, 0) is 4.79 Å². The van der Waals surface area contributed by atoms with Crippen molar-refractivity contribution in [3.8, 4) is 0 Å². The summed E-state index contributed by atoms with van der Waals surface area (Å²) in [6.07, 6.45) is 18.3. The van der Waals surface area contributed by atoms with Gasteiger partial charge >= 0.3 is 0 Å². The molecule has 0 aromatic carbocycles. The summed E-state index contributed by atoms with van der Waals surface area (Å²) in [6.45, 7) is 8.40. The Morgan fingerprint density at radius 3 is 1.38 bits per heavy atom. The van der Waals surface area contributed by atoms with Crippen LogP contribution in [0.15, 0.2) is 0 Å². The first-order valence-corrected chi connectivity index (χ1v) is 9.64. The van der Waals surface area contributed by atoms with E-state index in [4.69, 9.17) is 0 Å². The Bertz CT molecular complexity index is 240. The summed E-state index contributed by atoms with van der Waals surface area (Å²) < 4.78 is 0. The molecule has 21 heavy (non-hydrogen) atoms. The van der Waals surface area contributed by atoms with Gasteiger partial charge in [0.25, 0.3) is 0 Å². The molecule has 0 aromatic rings. The van der Waals surface area contributed by atoms with Crippen LogP contribution in [0.5, 0.6) is 0 Å². The third kappa shape index (κ3) is 9.32. The summed E-state index contributed by atoms with van der Waals surface area (Å²) >= 11 is 0. The fourth-order valence-corrected chi connectivity index (χ4v) is 3.41. The third-order valence-electron chi connectivity index (χ3n) is 5.36. The van der Waals surface area contributed by atoms with Gasteiger partial charge in [-0.25, -0.2) is 0 Å². The smallest absolute Gasteiger partial charge is 0.135 e. The number of carbonyl (C=O) groups is 1. The number of hydrogen-bond acceptors (Lipinski definition) is 1. The molecule has 0 aromatic heterocycles. The van der Waals surface area contributed by atoms with E-state index in [1.165, 1.54) is 70.6 Å². The summed E-state index contributed by atoms with van der Waals surface area (Å²) in [5.41, 5.74) is -0.0146. The molecular weight excluding hydrogens is 256 g/mol. The van der Waals surface area contributed by atoms with Gasteiger partial charge < -0.3 is 0 Å². The molecular formula is C20H40O.